The molecule has 0 amide bonds. The highest BCUT2D eigenvalue weighted by molar-refractivity contribution is 7.91. The van der Waals surface area contributed by atoms with Gasteiger partial charge in [-0.2, -0.15) is 0 Å². The van der Waals surface area contributed by atoms with Gasteiger partial charge >= 0.3 is 0 Å². The SMILES string of the molecule is Cc1cc(S(=O)(=O)NCC2CCC2)sc1CO. The van der Waals surface area contributed by atoms with Crippen LogP contribution in [-0.4, -0.2) is 20.1 Å². The molecule has 4 nitrogen and oxygen atoms in total. The number of rotatable bonds is 5. The molecular weight excluding hydrogens is 258 g/mol. The van der Waals surface area contributed by atoms with Crippen LogP contribution in [0.3, 0.4) is 0 Å². The maximum atomic E-state index is 12.0. The van der Waals surface area contributed by atoms with Gasteiger partial charge in [0.25, 0.3) is 0 Å². The van der Waals surface area contributed by atoms with Crippen LogP contribution in [0, 0.1) is 12.8 Å². The number of aliphatic hydroxyl groups is 1. The molecule has 1 heterocycles. The van der Waals surface area contributed by atoms with Crippen molar-refractivity contribution in [2.45, 2.75) is 37.0 Å². The van der Waals surface area contributed by atoms with Crippen LogP contribution in [0.25, 0.3) is 0 Å². The lowest BCUT2D eigenvalue weighted by Gasteiger charge is -2.25. The number of sulfonamides is 1. The van der Waals surface area contributed by atoms with E-state index in [1.807, 2.05) is 6.92 Å². The minimum Gasteiger partial charge on any atom is -0.391 e. The zero-order valence-corrected chi connectivity index (χ0v) is 11.4. The van der Waals surface area contributed by atoms with E-state index in [9.17, 15) is 8.42 Å². The monoisotopic (exact) mass is 275 g/mol. The third kappa shape index (κ3) is 2.88. The molecule has 0 bridgehead atoms. The number of aryl methyl sites for hydroxylation is 1. The van der Waals surface area contributed by atoms with E-state index in [-0.39, 0.29) is 6.61 Å². The first-order valence-electron chi connectivity index (χ1n) is 5.73. The van der Waals surface area contributed by atoms with Crippen molar-refractivity contribution in [1.82, 2.24) is 4.72 Å². The summed E-state index contributed by atoms with van der Waals surface area (Å²) in [5, 5.41) is 9.06. The van der Waals surface area contributed by atoms with Crippen LogP contribution in [0.4, 0.5) is 0 Å². The van der Waals surface area contributed by atoms with E-state index in [2.05, 4.69) is 4.72 Å². The summed E-state index contributed by atoms with van der Waals surface area (Å²) >= 11 is 1.14. The molecule has 1 aliphatic rings. The van der Waals surface area contributed by atoms with Gasteiger partial charge < -0.3 is 5.11 Å². The highest BCUT2D eigenvalue weighted by Gasteiger charge is 2.23. The second-order valence-corrected chi connectivity index (χ2v) is 7.61. The van der Waals surface area contributed by atoms with Gasteiger partial charge in [0.2, 0.25) is 10.0 Å². The molecule has 6 heteroatoms. The third-order valence-corrected chi connectivity index (χ3v) is 6.31. The van der Waals surface area contributed by atoms with Crippen LogP contribution in [0.15, 0.2) is 10.3 Å². The molecule has 1 aliphatic carbocycles. The van der Waals surface area contributed by atoms with Gasteiger partial charge in [0.05, 0.1) is 6.61 Å². The van der Waals surface area contributed by atoms with Gasteiger partial charge in [-0.1, -0.05) is 6.42 Å². The Morgan fingerprint density at radius 3 is 2.71 bits per heavy atom. The van der Waals surface area contributed by atoms with E-state index >= 15 is 0 Å². The first-order valence-corrected chi connectivity index (χ1v) is 8.02. The minimum absolute atomic E-state index is 0.103. The maximum absolute atomic E-state index is 12.0. The van der Waals surface area contributed by atoms with Crippen molar-refractivity contribution in [3.05, 3.63) is 16.5 Å². The van der Waals surface area contributed by atoms with Gasteiger partial charge in [0.15, 0.2) is 0 Å². The summed E-state index contributed by atoms with van der Waals surface area (Å²) in [7, 11) is -3.39. The van der Waals surface area contributed by atoms with Gasteiger partial charge in [-0.25, -0.2) is 13.1 Å². The number of thiophene rings is 1. The first kappa shape index (κ1) is 13.0. The predicted octanol–water partition coefficient (Wildman–Crippen LogP) is 1.63. The average Bonchev–Trinajstić information content (AvgIpc) is 2.57. The van der Waals surface area contributed by atoms with E-state index in [4.69, 9.17) is 5.11 Å². The standard InChI is InChI=1S/C11H17NO3S2/c1-8-5-11(16-10(8)7-13)17(14,15)12-6-9-3-2-4-9/h5,9,12-13H,2-4,6-7H2,1H3. The Kier molecular flexibility index (Phi) is 3.87. The normalized spacial score (nSPS) is 17.1. The summed E-state index contributed by atoms with van der Waals surface area (Å²) in [4.78, 5) is 0.717. The van der Waals surface area contributed by atoms with Gasteiger partial charge in [-0.3, -0.25) is 0 Å². The molecule has 2 N–H and O–H groups in total. The number of hydrogen-bond donors (Lipinski definition) is 2. The molecule has 0 unspecified atom stereocenters. The molecule has 96 valence electrons. The quantitative estimate of drug-likeness (QED) is 0.858. The lowest BCUT2D eigenvalue weighted by atomic mass is 9.86. The molecule has 2 rings (SSSR count). The van der Waals surface area contributed by atoms with Crippen LogP contribution >= 0.6 is 11.3 Å². The van der Waals surface area contributed by atoms with E-state index in [1.54, 1.807) is 6.07 Å². The number of hydrogen-bond acceptors (Lipinski definition) is 4. The summed E-state index contributed by atoms with van der Waals surface area (Å²) in [5.41, 5.74) is 0.835. The Hall–Kier alpha value is -0.430. The van der Waals surface area contributed by atoms with Gasteiger partial charge in [0.1, 0.15) is 4.21 Å². The summed E-state index contributed by atoms with van der Waals surface area (Å²) in [6, 6.07) is 1.62. The summed E-state index contributed by atoms with van der Waals surface area (Å²) in [6.45, 7) is 2.25. The van der Waals surface area contributed by atoms with Crippen molar-refractivity contribution in [3.63, 3.8) is 0 Å². The van der Waals surface area contributed by atoms with Crippen molar-refractivity contribution in [2.75, 3.05) is 6.54 Å². The average molecular weight is 275 g/mol. The number of nitrogens with one attached hydrogen (secondary N) is 1. The van der Waals surface area contributed by atoms with E-state index in [0.717, 1.165) is 29.7 Å². The van der Waals surface area contributed by atoms with Gasteiger partial charge in [0, 0.05) is 11.4 Å². The number of aliphatic hydroxyl groups excluding tert-OH is 1. The summed E-state index contributed by atoms with van der Waals surface area (Å²) in [5.74, 6) is 0.503. The fourth-order valence-corrected chi connectivity index (χ4v) is 4.38. The molecule has 0 aliphatic heterocycles. The molecule has 17 heavy (non-hydrogen) atoms. The molecule has 0 aromatic carbocycles. The molecule has 1 aromatic heterocycles. The Balaban J connectivity index is 2.07. The summed E-state index contributed by atoms with van der Waals surface area (Å²) in [6.07, 6.45) is 3.45. The van der Waals surface area contributed by atoms with Crippen molar-refractivity contribution in [3.8, 4) is 0 Å². The molecule has 0 radical (unpaired) electrons. The highest BCUT2D eigenvalue weighted by atomic mass is 32.2. The second-order valence-electron chi connectivity index (χ2n) is 4.48. The highest BCUT2D eigenvalue weighted by Crippen LogP contribution is 2.28. The lowest BCUT2D eigenvalue weighted by Crippen LogP contribution is -2.31. The van der Waals surface area contributed by atoms with E-state index < -0.39 is 10.0 Å². The molecule has 1 fully saturated rings. The van der Waals surface area contributed by atoms with E-state index in [1.165, 1.54) is 6.42 Å². The Morgan fingerprint density at radius 1 is 1.53 bits per heavy atom. The maximum Gasteiger partial charge on any atom is 0.250 e. The lowest BCUT2D eigenvalue weighted by molar-refractivity contribution is 0.285. The molecule has 0 spiro atoms. The molecular formula is C11H17NO3S2. The van der Waals surface area contributed by atoms with Crippen molar-refractivity contribution in [2.24, 2.45) is 5.92 Å². The zero-order valence-electron chi connectivity index (χ0n) is 9.77. The molecule has 0 atom stereocenters. The summed E-state index contributed by atoms with van der Waals surface area (Å²) < 4.78 is 26.9. The topological polar surface area (TPSA) is 66.4 Å². The smallest absolute Gasteiger partial charge is 0.250 e. The predicted molar refractivity (Wildman–Crippen MR) is 67.5 cm³/mol. The van der Waals surface area contributed by atoms with Crippen LogP contribution in [0.2, 0.25) is 0 Å². The van der Waals surface area contributed by atoms with Gasteiger partial charge in [-0.15, -0.1) is 11.3 Å². The van der Waals surface area contributed by atoms with Crippen molar-refractivity contribution in [1.29, 1.82) is 0 Å². The van der Waals surface area contributed by atoms with E-state index in [0.29, 0.717) is 21.5 Å². The zero-order chi connectivity index (χ0) is 12.5. The third-order valence-electron chi connectivity index (χ3n) is 3.19. The Labute approximate surface area is 106 Å². The Bertz CT molecular complexity index is 489. The van der Waals surface area contributed by atoms with Crippen LogP contribution < -0.4 is 4.72 Å². The van der Waals surface area contributed by atoms with Crippen LogP contribution in [0.5, 0.6) is 0 Å². The van der Waals surface area contributed by atoms with Crippen molar-refractivity contribution >= 4 is 21.4 Å². The molecule has 1 aromatic rings. The van der Waals surface area contributed by atoms with Crippen LogP contribution in [-0.2, 0) is 16.6 Å². The fourth-order valence-electron chi connectivity index (χ4n) is 1.77. The van der Waals surface area contributed by atoms with Crippen LogP contribution in [0.1, 0.15) is 29.7 Å². The first-order chi connectivity index (χ1) is 8.03. The molecule has 0 saturated heterocycles. The van der Waals surface area contributed by atoms with Crippen molar-refractivity contribution < 1.29 is 13.5 Å². The van der Waals surface area contributed by atoms with Gasteiger partial charge in [-0.05, 0) is 37.3 Å². The Morgan fingerprint density at radius 2 is 2.24 bits per heavy atom. The fraction of sp³-hybridized carbons (Fsp3) is 0.636. The minimum atomic E-state index is -3.39. The second kappa shape index (κ2) is 5.06. The largest absolute Gasteiger partial charge is 0.391 e. The molecule has 1 saturated carbocycles.